The van der Waals surface area contributed by atoms with Crippen LogP contribution in [0.2, 0.25) is 0 Å². The van der Waals surface area contributed by atoms with Crippen LogP contribution >= 0.6 is 0 Å². The molecular weight excluding hydrogens is 398 g/mol. The Morgan fingerprint density at radius 2 is 1.69 bits per heavy atom. The molecule has 1 aliphatic heterocycles. The van der Waals surface area contributed by atoms with E-state index in [1.54, 1.807) is 6.33 Å². The minimum absolute atomic E-state index is 0.222. The van der Waals surface area contributed by atoms with Crippen LogP contribution in [0.3, 0.4) is 0 Å². The van der Waals surface area contributed by atoms with Crippen molar-refractivity contribution in [2.45, 2.75) is 18.9 Å². The molecule has 0 bridgehead atoms. The smallest absolute Gasteiger partial charge is 0.163 e. The van der Waals surface area contributed by atoms with Gasteiger partial charge in [0.15, 0.2) is 11.5 Å². The first kappa shape index (κ1) is 19.4. The summed E-state index contributed by atoms with van der Waals surface area (Å²) in [4.78, 5) is 11.8. The third-order valence-corrected chi connectivity index (χ3v) is 6.73. The quantitative estimate of drug-likeness (QED) is 0.497. The molecule has 7 heteroatoms. The minimum Gasteiger partial charge on any atom is -0.304 e. The first-order valence-corrected chi connectivity index (χ1v) is 11.3. The van der Waals surface area contributed by atoms with Crippen LogP contribution in [0.15, 0.2) is 67.1 Å². The second-order valence-corrected chi connectivity index (χ2v) is 8.68. The summed E-state index contributed by atoms with van der Waals surface area (Å²) in [5.41, 5.74) is 4.78. The monoisotopic (exact) mass is 425 g/mol. The SMILES string of the molecule is CN1CCN(N(c2ccccc2)c2ncnc3c2cnn3C2CCc3ccccc32)CC1. The lowest BCUT2D eigenvalue weighted by Gasteiger charge is -2.40. The highest BCUT2D eigenvalue weighted by atomic mass is 15.7. The van der Waals surface area contributed by atoms with E-state index >= 15 is 0 Å². The fourth-order valence-corrected chi connectivity index (χ4v) is 5.02. The van der Waals surface area contributed by atoms with Crippen LogP contribution in [0.5, 0.6) is 0 Å². The summed E-state index contributed by atoms with van der Waals surface area (Å²) in [7, 11) is 2.18. The number of para-hydroxylation sites is 1. The van der Waals surface area contributed by atoms with Gasteiger partial charge in [0.1, 0.15) is 6.33 Å². The number of anilines is 2. The van der Waals surface area contributed by atoms with Gasteiger partial charge in [-0.05, 0) is 43.1 Å². The summed E-state index contributed by atoms with van der Waals surface area (Å²) in [6.07, 6.45) is 5.76. The van der Waals surface area contributed by atoms with E-state index in [4.69, 9.17) is 10.1 Å². The molecule has 0 radical (unpaired) electrons. The highest BCUT2D eigenvalue weighted by Gasteiger charge is 2.29. The van der Waals surface area contributed by atoms with Crippen LogP contribution in [-0.4, -0.2) is 62.9 Å². The molecular formula is C25H27N7. The Kier molecular flexibility index (Phi) is 4.85. The Labute approximate surface area is 187 Å². The van der Waals surface area contributed by atoms with Crippen molar-refractivity contribution < 1.29 is 0 Å². The number of rotatable bonds is 4. The van der Waals surface area contributed by atoms with E-state index in [0.717, 1.165) is 61.6 Å². The standard InChI is InChI=1S/C25H27N7/c1-29-13-15-30(16-14-29)32(20-8-3-2-4-9-20)25-22-17-28-31(24(22)26-18-27-25)23-12-11-19-7-5-6-10-21(19)23/h2-10,17-18,23H,11-16H2,1H3. The largest absolute Gasteiger partial charge is 0.304 e. The second kappa shape index (κ2) is 8.00. The Hall–Kier alpha value is -3.29. The average Bonchev–Trinajstić information content (AvgIpc) is 3.46. The lowest BCUT2D eigenvalue weighted by atomic mass is 10.1. The fraction of sp³-hybridized carbons (Fsp3) is 0.320. The lowest BCUT2D eigenvalue weighted by molar-refractivity contribution is 0.154. The number of benzene rings is 2. The number of hydrogen-bond acceptors (Lipinski definition) is 6. The van der Waals surface area contributed by atoms with Gasteiger partial charge in [0.2, 0.25) is 0 Å². The van der Waals surface area contributed by atoms with E-state index in [2.05, 4.69) is 86.2 Å². The van der Waals surface area contributed by atoms with Crippen LogP contribution < -0.4 is 5.01 Å². The maximum absolute atomic E-state index is 4.83. The van der Waals surface area contributed by atoms with Crippen molar-refractivity contribution in [3.8, 4) is 0 Å². The number of hydrazine groups is 1. The molecule has 7 nitrogen and oxygen atoms in total. The van der Waals surface area contributed by atoms with Gasteiger partial charge in [0, 0.05) is 26.2 Å². The topological polar surface area (TPSA) is 53.3 Å². The maximum Gasteiger partial charge on any atom is 0.163 e. The van der Waals surface area contributed by atoms with Crippen LogP contribution in [0.25, 0.3) is 11.0 Å². The molecule has 2 aromatic heterocycles. The minimum atomic E-state index is 0.222. The van der Waals surface area contributed by atoms with Gasteiger partial charge in [0.25, 0.3) is 0 Å². The number of nitrogens with zero attached hydrogens (tertiary/aromatic N) is 7. The normalized spacial score (nSPS) is 19.3. The number of fused-ring (bicyclic) bond motifs is 2. The first-order valence-electron chi connectivity index (χ1n) is 11.3. The zero-order valence-electron chi connectivity index (χ0n) is 18.3. The molecule has 1 unspecified atom stereocenters. The molecule has 0 N–H and O–H groups in total. The molecule has 4 aromatic rings. The molecule has 2 aromatic carbocycles. The Balaban J connectivity index is 1.45. The van der Waals surface area contributed by atoms with Gasteiger partial charge >= 0.3 is 0 Å². The number of piperazine rings is 1. The fourth-order valence-electron chi connectivity index (χ4n) is 5.02. The van der Waals surface area contributed by atoms with E-state index in [-0.39, 0.29) is 6.04 Å². The van der Waals surface area contributed by atoms with Crippen molar-refractivity contribution in [2.75, 3.05) is 38.2 Å². The molecule has 1 aliphatic carbocycles. The predicted molar refractivity (Wildman–Crippen MR) is 126 cm³/mol. The average molecular weight is 426 g/mol. The highest BCUT2D eigenvalue weighted by Crippen LogP contribution is 2.37. The lowest BCUT2D eigenvalue weighted by Crippen LogP contribution is -2.51. The van der Waals surface area contributed by atoms with Crippen molar-refractivity contribution >= 4 is 22.5 Å². The van der Waals surface area contributed by atoms with Crippen molar-refractivity contribution in [3.05, 3.63) is 78.2 Å². The predicted octanol–water partition coefficient (Wildman–Crippen LogP) is 3.66. The van der Waals surface area contributed by atoms with Gasteiger partial charge < -0.3 is 4.90 Å². The van der Waals surface area contributed by atoms with Crippen molar-refractivity contribution in [1.29, 1.82) is 0 Å². The summed E-state index contributed by atoms with van der Waals surface area (Å²) in [5, 5.41) is 10.5. The number of hydrogen-bond donors (Lipinski definition) is 0. The van der Waals surface area contributed by atoms with Gasteiger partial charge in [-0.1, -0.05) is 42.5 Å². The Morgan fingerprint density at radius 1 is 0.906 bits per heavy atom. The third kappa shape index (κ3) is 3.25. The molecule has 1 atom stereocenters. The molecule has 1 fully saturated rings. The summed E-state index contributed by atoms with van der Waals surface area (Å²) < 4.78 is 2.10. The van der Waals surface area contributed by atoms with Gasteiger partial charge in [-0.3, -0.25) is 5.01 Å². The van der Waals surface area contributed by atoms with E-state index < -0.39 is 0 Å². The molecule has 3 heterocycles. The summed E-state index contributed by atoms with van der Waals surface area (Å²) >= 11 is 0. The van der Waals surface area contributed by atoms with Crippen molar-refractivity contribution in [1.82, 2.24) is 29.7 Å². The zero-order valence-corrected chi connectivity index (χ0v) is 18.3. The van der Waals surface area contributed by atoms with Gasteiger partial charge in [-0.15, -0.1) is 0 Å². The molecule has 1 saturated heterocycles. The van der Waals surface area contributed by atoms with Crippen LogP contribution in [0, 0.1) is 0 Å². The number of aryl methyl sites for hydroxylation is 1. The second-order valence-electron chi connectivity index (χ2n) is 8.68. The maximum atomic E-state index is 4.83. The Morgan fingerprint density at radius 3 is 2.53 bits per heavy atom. The van der Waals surface area contributed by atoms with E-state index in [9.17, 15) is 0 Å². The summed E-state index contributed by atoms with van der Waals surface area (Å²) in [6.45, 7) is 3.94. The number of likely N-dealkylation sites (N-methyl/N-ethyl adjacent to an activating group) is 1. The van der Waals surface area contributed by atoms with Crippen molar-refractivity contribution in [2.24, 2.45) is 0 Å². The van der Waals surface area contributed by atoms with Crippen LogP contribution in [0.4, 0.5) is 11.5 Å². The van der Waals surface area contributed by atoms with E-state index in [1.807, 2.05) is 6.20 Å². The van der Waals surface area contributed by atoms with Crippen LogP contribution in [-0.2, 0) is 6.42 Å². The zero-order chi connectivity index (χ0) is 21.5. The van der Waals surface area contributed by atoms with Crippen LogP contribution in [0.1, 0.15) is 23.6 Å². The molecule has 2 aliphatic rings. The highest BCUT2D eigenvalue weighted by molar-refractivity contribution is 5.89. The first-order chi connectivity index (χ1) is 15.8. The summed E-state index contributed by atoms with van der Waals surface area (Å²) in [5.74, 6) is 0.892. The molecule has 0 amide bonds. The third-order valence-electron chi connectivity index (χ3n) is 6.73. The molecule has 162 valence electrons. The Bertz CT molecular complexity index is 1230. The van der Waals surface area contributed by atoms with Crippen molar-refractivity contribution in [3.63, 3.8) is 0 Å². The molecule has 0 saturated carbocycles. The molecule has 32 heavy (non-hydrogen) atoms. The summed E-state index contributed by atoms with van der Waals surface area (Å²) in [6, 6.07) is 19.4. The van der Waals surface area contributed by atoms with Gasteiger partial charge in [-0.2, -0.15) is 5.10 Å². The number of aromatic nitrogens is 4. The van der Waals surface area contributed by atoms with Gasteiger partial charge in [0.05, 0.1) is 23.3 Å². The van der Waals surface area contributed by atoms with E-state index in [1.165, 1.54) is 11.1 Å². The van der Waals surface area contributed by atoms with Gasteiger partial charge in [-0.25, -0.2) is 19.7 Å². The molecule has 0 spiro atoms. The van der Waals surface area contributed by atoms with E-state index in [0.29, 0.717) is 0 Å². The molecule has 6 rings (SSSR count).